The van der Waals surface area contributed by atoms with E-state index in [1.54, 1.807) is 7.05 Å². The molecule has 3 nitrogen and oxygen atoms in total. The van der Waals surface area contributed by atoms with Crippen molar-refractivity contribution in [1.29, 1.82) is 0 Å². The number of carbonyl (C=O) groups is 1. The van der Waals surface area contributed by atoms with Gasteiger partial charge in [0.2, 0.25) is 0 Å². The molecule has 78 valence electrons. The van der Waals surface area contributed by atoms with Crippen LogP contribution in [0.1, 0.15) is 23.0 Å². The van der Waals surface area contributed by atoms with E-state index in [0.717, 1.165) is 22.2 Å². The van der Waals surface area contributed by atoms with Crippen molar-refractivity contribution in [3.63, 3.8) is 0 Å². The number of fused-ring (bicyclic) bond motifs is 1. The normalized spacial score (nSPS) is 10.6. The first-order valence-corrected chi connectivity index (χ1v) is 4.85. The molecule has 0 saturated carbocycles. The van der Waals surface area contributed by atoms with E-state index in [1.807, 2.05) is 25.1 Å². The van der Waals surface area contributed by atoms with Gasteiger partial charge >= 0.3 is 0 Å². The number of furan rings is 1. The van der Waals surface area contributed by atoms with Gasteiger partial charge in [-0.1, -0.05) is 11.6 Å². The summed E-state index contributed by atoms with van der Waals surface area (Å²) in [5, 5.41) is 3.97. The van der Waals surface area contributed by atoms with Gasteiger partial charge in [-0.15, -0.1) is 0 Å². The minimum absolute atomic E-state index is 0.0618. The Morgan fingerprint density at radius 2 is 2.13 bits per heavy atom. The maximum absolute atomic E-state index is 11.3. The molecule has 3 heteroatoms. The molecule has 0 amide bonds. The number of hydrogen-bond donors (Lipinski definition) is 1. The van der Waals surface area contributed by atoms with E-state index in [-0.39, 0.29) is 5.78 Å². The fraction of sp³-hybridized carbons (Fsp3) is 0.250. The minimum atomic E-state index is -0.0618. The number of hydrogen-bond acceptors (Lipinski definition) is 3. The predicted octanol–water partition coefficient (Wildman–Crippen LogP) is 2.99. The molecular formula is C12H13NO2. The molecule has 0 aliphatic heterocycles. The highest BCUT2D eigenvalue weighted by Gasteiger charge is 2.16. The molecular weight excluding hydrogens is 190 g/mol. The molecule has 1 heterocycles. The first-order valence-electron chi connectivity index (χ1n) is 4.85. The molecule has 0 atom stereocenters. The highest BCUT2D eigenvalue weighted by atomic mass is 16.3. The smallest absolute Gasteiger partial charge is 0.197 e. The summed E-state index contributed by atoms with van der Waals surface area (Å²) in [5.74, 6) is 0.339. The lowest BCUT2D eigenvalue weighted by Crippen LogP contribution is -1.96. The van der Waals surface area contributed by atoms with Crippen LogP contribution >= 0.6 is 0 Å². The van der Waals surface area contributed by atoms with E-state index in [2.05, 4.69) is 5.32 Å². The third-order valence-corrected chi connectivity index (χ3v) is 2.41. The van der Waals surface area contributed by atoms with Crippen LogP contribution in [0.3, 0.4) is 0 Å². The molecule has 1 N–H and O–H groups in total. The van der Waals surface area contributed by atoms with Crippen molar-refractivity contribution in [2.45, 2.75) is 13.8 Å². The summed E-state index contributed by atoms with van der Waals surface area (Å²) >= 11 is 0. The van der Waals surface area contributed by atoms with Gasteiger partial charge < -0.3 is 9.73 Å². The lowest BCUT2D eigenvalue weighted by Gasteiger charge is -1.98. The molecule has 15 heavy (non-hydrogen) atoms. The fourth-order valence-electron chi connectivity index (χ4n) is 1.71. The predicted molar refractivity (Wildman–Crippen MR) is 60.5 cm³/mol. The summed E-state index contributed by atoms with van der Waals surface area (Å²) < 4.78 is 5.49. The third kappa shape index (κ3) is 1.50. The molecule has 1 aromatic carbocycles. The number of ketones is 1. The van der Waals surface area contributed by atoms with Gasteiger partial charge in [-0.3, -0.25) is 4.79 Å². The Labute approximate surface area is 88.1 Å². The highest BCUT2D eigenvalue weighted by molar-refractivity contribution is 6.06. The largest absolute Gasteiger partial charge is 0.451 e. The first kappa shape index (κ1) is 9.77. The van der Waals surface area contributed by atoms with E-state index < -0.39 is 0 Å². The highest BCUT2D eigenvalue weighted by Crippen LogP contribution is 2.31. The number of aryl methyl sites for hydroxylation is 1. The quantitative estimate of drug-likeness (QED) is 0.763. The fourth-order valence-corrected chi connectivity index (χ4v) is 1.71. The van der Waals surface area contributed by atoms with Crippen molar-refractivity contribution in [1.82, 2.24) is 0 Å². The Bertz CT molecular complexity index is 526. The Balaban J connectivity index is 2.79. The van der Waals surface area contributed by atoms with Crippen LogP contribution in [0.5, 0.6) is 0 Å². The zero-order chi connectivity index (χ0) is 11.0. The van der Waals surface area contributed by atoms with E-state index in [4.69, 9.17) is 4.42 Å². The second-order valence-electron chi connectivity index (χ2n) is 3.61. The minimum Gasteiger partial charge on any atom is -0.451 e. The second kappa shape index (κ2) is 3.42. The van der Waals surface area contributed by atoms with Crippen molar-refractivity contribution in [3.8, 4) is 0 Å². The molecule has 2 rings (SSSR count). The van der Waals surface area contributed by atoms with E-state index in [9.17, 15) is 4.79 Å². The SMILES string of the molecule is CNc1c(C(C)=O)oc2ccc(C)cc12. The number of carbonyl (C=O) groups excluding carboxylic acids is 1. The van der Waals surface area contributed by atoms with Crippen LogP contribution in [0.2, 0.25) is 0 Å². The van der Waals surface area contributed by atoms with Crippen molar-refractivity contribution >= 4 is 22.4 Å². The van der Waals surface area contributed by atoms with Crippen LogP contribution in [-0.2, 0) is 0 Å². The van der Waals surface area contributed by atoms with E-state index >= 15 is 0 Å². The van der Waals surface area contributed by atoms with Crippen molar-refractivity contribution in [3.05, 3.63) is 29.5 Å². The zero-order valence-electron chi connectivity index (χ0n) is 9.05. The second-order valence-corrected chi connectivity index (χ2v) is 3.61. The van der Waals surface area contributed by atoms with Crippen LogP contribution in [-0.4, -0.2) is 12.8 Å². The van der Waals surface area contributed by atoms with Crippen LogP contribution in [0.25, 0.3) is 11.0 Å². The van der Waals surface area contributed by atoms with Gasteiger partial charge in [-0.2, -0.15) is 0 Å². The summed E-state index contributed by atoms with van der Waals surface area (Å²) in [6, 6.07) is 5.87. The number of anilines is 1. The van der Waals surface area contributed by atoms with Gasteiger partial charge in [0.05, 0.1) is 5.69 Å². The van der Waals surface area contributed by atoms with Crippen molar-refractivity contribution < 1.29 is 9.21 Å². The Morgan fingerprint density at radius 1 is 1.40 bits per heavy atom. The molecule has 0 unspecified atom stereocenters. The van der Waals surface area contributed by atoms with Gasteiger partial charge in [0.25, 0.3) is 0 Å². The molecule has 0 aliphatic carbocycles. The molecule has 0 aliphatic rings. The molecule has 2 aromatic rings. The van der Waals surface area contributed by atoms with Crippen LogP contribution < -0.4 is 5.32 Å². The summed E-state index contributed by atoms with van der Waals surface area (Å²) in [7, 11) is 1.79. The standard InChI is InChI=1S/C12H13NO2/c1-7-4-5-10-9(6-7)11(13-3)12(15-10)8(2)14/h4-6,13H,1-3H3. The Kier molecular flexibility index (Phi) is 2.23. The lowest BCUT2D eigenvalue weighted by molar-refractivity contribution is 0.0990. The van der Waals surface area contributed by atoms with E-state index in [0.29, 0.717) is 5.76 Å². The summed E-state index contributed by atoms with van der Waals surface area (Å²) in [6.07, 6.45) is 0. The van der Waals surface area contributed by atoms with E-state index in [1.165, 1.54) is 6.92 Å². The average molecular weight is 203 g/mol. The first-order chi connectivity index (χ1) is 7.13. The number of nitrogens with one attached hydrogen (secondary N) is 1. The van der Waals surface area contributed by atoms with Crippen LogP contribution in [0.4, 0.5) is 5.69 Å². The molecule has 0 spiro atoms. The maximum Gasteiger partial charge on any atom is 0.197 e. The summed E-state index contributed by atoms with van der Waals surface area (Å²) in [5.41, 5.74) is 2.67. The maximum atomic E-state index is 11.3. The molecule has 0 radical (unpaired) electrons. The van der Waals surface area contributed by atoms with Gasteiger partial charge in [0, 0.05) is 19.4 Å². The number of rotatable bonds is 2. The molecule has 0 saturated heterocycles. The zero-order valence-corrected chi connectivity index (χ0v) is 9.05. The van der Waals surface area contributed by atoms with Gasteiger partial charge in [-0.25, -0.2) is 0 Å². The van der Waals surface area contributed by atoms with Gasteiger partial charge in [0.1, 0.15) is 5.58 Å². The topological polar surface area (TPSA) is 42.2 Å². The summed E-state index contributed by atoms with van der Waals surface area (Å²) in [6.45, 7) is 3.52. The molecule has 0 fully saturated rings. The lowest BCUT2D eigenvalue weighted by atomic mass is 10.1. The number of benzene rings is 1. The average Bonchev–Trinajstić information content (AvgIpc) is 2.55. The van der Waals surface area contributed by atoms with Gasteiger partial charge in [0.15, 0.2) is 11.5 Å². The van der Waals surface area contributed by atoms with Crippen molar-refractivity contribution in [2.75, 3.05) is 12.4 Å². The molecule has 0 bridgehead atoms. The summed E-state index contributed by atoms with van der Waals surface area (Å²) in [4.78, 5) is 11.3. The van der Waals surface area contributed by atoms with Crippen molar-refractivity contribution in [2.24, 2.45) is 0 Å². The molecule has 1 aromatic heterocycles. The Hall–Kier alpha value is -1.77. The van der Waals surface area contributed by atoms with Crippen LogP contribution in [0.15, 0.2) is 22.6 Å². The number of Topliss-reactive ketones (excluding diaryl/α,β-unsaturated/α-hetero) is 1. The monoisotopic (exact) mass is 203 g/mol. The third-order valence-electron chi connectivity index (χ3n) is 2.41. The van der Waals surface area contributed by atoms with Crippen LogP contribution in [0, 0.1) is 6.92 Å². The van der Waals surface area contributed by atoms with Gasteiger partial charge in [-0.05, 0) is 19.1 Å². The Morgan fingerprint density at radius 3 is 2.73 bits per heavy atom.